The van der Waals surface area contributed by atoms with E-state index in [0.29, 0.717) is 6.10 Å². The van der Waals surface area contributed by atoms with Gasteiger partial charge in [0.05, 0.1) is 17.7 Å². The number of nitrogens with one attached hydrogen (secondary N) is 1. The summed E-state index contributed by atoms with van der Waals surface area (Å²) in [5, 5.41) is 0. The minimum atomic E-state index is -0.0577. The molecule has 0 aromatic rings. The molecule has 3 N–H and O–H groups in total. The Labute approximate surface area is 123 Å². The summed E-state index contributed by atoms with van der Waals surface area (Å²) in [6.07, 6.45) is 11.1. The normalized spacial score (nSPS) is 36.1. The van der Waals surface area contributed by atoms with Gasteiger partial charge in [0.15, 0.2) is 0 Å². The molecular weight excluding hydrogens is 252 g/mol. The first-order chi connectivity index (χ1) is 9.70. The number of ether oxygens (including phenoxy) is 2. The molecule has 1 heterocycles. The molecule has 2 atom stereocenters. The van der Waals surface area contributed by atoms with Gasteiger partial charge in [-0.1, -0.05) is 6.92 Å². The highest BCUT2D eigenvalue weighted by molar-refractivity contribution is 4.95. The molecule has 118 valence electrons. The molecule has 0 spiro atoms. The van der Waals surface area contributed by atoms with Gasteiger partial charge in [0.2, 0.25) is 0 Å². The molecule has 1 saturated carbocycles. The van der Waals surface area contributed by atoms with Crippen LogP contribution < -0.4 is 11.3 Å². The summed E-state index contributed by atoms with van der Waals surface area (Å²) in [5.74, 6) is 6.65. The molecule has 0 aromatic heterocycles. The maximum atomic E-state index is 5.93. The predicted molar refractivity (Wildman–Crippen MR) is 81.3 cm³/mol. The van der Waals surface area contributed by atoms with Gasteiger partial charge in [-0.05, 0) is 63.7 Å². The quantitative estimate of drug-likeness (QED) is 0.557. The molecule has 2 rings (SSSR count). The number of hydrogen-bond acceptors (Lipinski definition) is 4. The summed E-state index contributed by atoms with van der Waals surface area (Å²) >= 11 is 0. The van der Waals surface area contributed by atoms with Crippen LogP contribution >= 0.6 is 0 Å². The Morgan fingerprint density at radius 2 is 2.10 bits per heavy atom. The first-order valence-corrected chi connectivity index (χ1v) is 8.33. The van der Waals surface area contributed by atoms with Crippen LogP contribution in [0, 0.1) is 5.92 Å². The fourth-order valence-corrected chi connectivity index (χ4v) is 3.87. The van der Waals surface area contributed by atoms with Crippen LogP contribution in [-0.4, -0.2) is 31.5 Å². The summed E-state index contributed by atoms with van der Waals surface area (Å²) in [6.45, 7) is 3.28. The molecule has 2 aliphatic rings. The molecule has 0 bridgehead atoms. The van der Waals surface area contributed by atoms with Gasteiger partial charge in [-0.25, -0.2) is 0 Å². The van der Waals surface area contributed by atoms with Crippen molar-refractivity contribution in [3.63, 3.8) is 0 Å². The van der Waals surface area contributed by atoms with Crippen molar-refractivity contribution >= 4 is 0 Å². The molecule has 1 aliphatic heterocycles. The Kier molecular flexibility index (Phi) is 6.27. The second kappa shape index (κ2) is 7.74. The van der Waals surface area contributed by atoms with E-state index in [1.165, 1.54) is 32.1 Å². The molecule has 2 fully saturated rings. The van der Waals surface area contributed by atoms with Crippen molar-refractivity contribution in [3.8, 4) is 0 Å². The Morgan fingerprint density at radius 3 is 2.65 bits per heavy atom. The Morgan fingerprint density at radius 1 is 1.35 bits per heavy atom. The van der Waals surface area contributed by atoms with Crippen LogP contribution in [0.3, 0.4) is 0 Å². The van der Waals surface area contributed by atoms with Crippen LogP contribution in [0.25, 0.3) is 0 Å². The summed E-state index contributed by atoms with van der Waals surface area (Å²) in [5.41, 5.74) is 2.98. The van der Waals surface area contributed by atoms with Gasteiger partial charge >= 0.3 is 0 Å². The second-order valence-electron chi connectivity index (χ2n) is 6.74. The molecule has 2 unspecified atom stereocenters. The van der Waals surface area contributed by atoms with E-state index in [4.69, 9.17) is 15.3 Å². The highest BCUT2D eigenvalue weighted by Crippen LogP contribution is 2.38. The SMILES string of the molecule is COC1(C(CCCC2CCCO2)NN)CCC(C)CC1. The third-order valence-corrected chi connectivity index (χ3v) is 5.41. The number of methoxy groups -OCH3 is 1. The van der Waals surface area contributed by atoms with E-state index in [-0.39, 0.29) is 11.6 Å². The molecule has 1 saturated heterocycles. The van der Waals surface area contributed by atoms with Gasteiger partial charge in [0.25, 0.3) is 0 Å². The van der Waals surface area contributed by atoms with Gasteiger partial charge in [-0.3, -0.25) is 11.3 Å². The van der Waals surface area contributed by atoms with E-state index < -0.39 is 0 Å². The van der Waals surface area contributed by atoms with Crippen LogP contribution in [-0.2, 0) is 9.47 Å². The van der Waals surface area contributed by atoms with E-state index >= 15 is 0 Å². The monoisotopic (exact) mass is 284 g/mol. The second-order valence-corrected chi connectivity index (χ2v) is 6.74. The predicted octanol–water partition coefficient (Wildman–Crippen LogP) is 2.76. The average molecular weight is 284 g/mol. The van der Waals surface area contributed by atoms with E-state index in [1.807, 2.05) is 7.11 Å². The van der Waals surface area contributed by atoms with Crippen molar-refractivity contribution in [2.45, 2.75) is 82.5 Å². The fraction of sp³-hybridized carbons (Fsp3) is 1.00. The lowest BCUT2D eigenvalue weighted by Gasteiger charge is -2.44. The zero-order valence-electron chi connectivity index (χ0n) is 13.2. The van der Waals surface area contributed by atoms with Crippen molar-refractivity contribution < 1.29 is 9.47 Å². The maximum absolute atomic E-state index is 5.93. The van der Waals surface area contributed by atoms with E-state index in [1.54, 1.807) is 0 Å². The van der Waals surface area contributed by atoms with Crippen molar-refractivity contribution in [2.24, 2.45) is 11.8 Å². The van der Waals surface area contributed by atoms with Crippen LogP contribution in [0.5, 0.6) is 0 Å². The number of nitrogens with two attached hydrogens (primary N) is 1. The third-order valence-electron chi connectivity index (χ3n) is 5.41. The highest BCUT2D eigenvalue weighted by Gasteiger charge is 2.40. The Balaban J connectivity index is 1.81. The molecule has 4 heteroatoms. The number of hydrazine groups is 1. The van der Waals surface area contributed by atoms with E-state index in [0.717, 1.165) is 38.2 Å². The van der Waals surface area contributed by atoms with Gasteiger partial charge < -0.3 is 9.47 Å². The lowest BCUT2D eigenvalue weighted by Crippen LogP contribution is -2.56. The van der Waals surface area contributed by atoms with Crippen molar-refractivity contribution in [1.29, 1.82) is 0 Å². The smallest absolute Gasteiger partial charge is 0.0844 e. The Hall–Kier alpha value is -0.160. The highest BCUT2D eigenvalue weighted by atomic mass is 16.5. The Bertz CT molecular complexity index is 272. The standard InChI is InChI=1S/C16H32N2O2/c1-13-8-10-16(19-2,11-9-13)15(18-17)7-3-5-14-6-4-12-20-14/h13-15,18H,3-12,17H2,1-2H3. The van der Waals surface area contributed by atoms with Gasteiger partial charge in [-0.15, -0.1) is 0 Å². The summed E-state index contributed by atoms with van der Waals surface area (Å²) in [6, 6.07) is 0.265. The van der Waals surface area contributed by atoms with Crippen LogP contribution in [0.4, 0.5) is 0 Å². The molecule has 4 nitrogen and oxygen atoms in total. The van der Waals surface area contributed by atoms with Crippen molar-refractivity contribution in [2.75, 3.05) is 13.7 Å². The minimum Gasteiger partial charge on any atom is -0.378 e. The molecular formula is C16H32N2O2. The van der Waals surface area contributed by atoms with E-state index in [2.05, 4.69) is 12.3 Å². The van der Waals surface area contributed by atoms with Gasteiger partial charge in [0, 0.05) is 13.7 Å². The van der Waals surface area contributed by atoms with E-state index in [9.17, 15) is 0 Å². The molecule has 20 heavy (non-hydrogen) atoms. The summed E-state index contributed by atoms with van der Waals surface area (Å²) < 4.78 is 11.6. The topological polar surface area (TPSA) is 56.5 Å². The zero-order valence-corrected chi connectivity index (χ0v) is 13.2. The van der Waals surface area contributed by atoms with Gasteiger partial charge in [0.1, 0.15) is 0 Å². The lowest BCUT2D eigenvalue weighted by molar-refractivity contribution is -0.0774. The molecule has 0 amide bonds. The van der Waals surface area contributed by atoms with Crippen molar-refractivity contribution in [3.05, 3.63) is 0 Å². The summed E-state index contributed by atoms with van der Waals surface area (Å²) in [4.78, 5) is 0. The lowest BCUT2D eigenvalue weighted by atomic mass is 9.74. The summed E-state index contributed by atoms with van der Waals surface area (Å²) in [7, 11) is 1.85. The number of hydrogen-bond donors (Lipinski definition) is 2. The molecule has 1 aliphatic carbocycles. The van der Waals surface area contributed by atoms with Crippen molar-refractivity contribution in [1.82, 2.24) is 5.43 Å². The van der Waals surface area contributed by atoms with Crippen LogP contribution in [0.15, 0.2) is 0 Å². The third kappa shape index (κ3) is 3.94. The largest absolute Gasteiger partial charge is 0.378 e. The van der Waals surface area contributed by atoms with Crippen LogP contribution in [0.1, 0.15) is 64.7 Å². The minimum absolute atomic E-state index is 0.0577. The van der Waals surface area contributed by atoms with Crippen LogP contribution in [0.2, 0.25) is 0 Å². The number of rotatable bonds is 7. The first-order valence-electron chi connectivity index (χ1n) is 8.33. The van der Waals surface area contributed by atoms with Gasteiger partial charge in [-0.2, -0.15) is 0 Å². The first kappa shape index (κ1) is 16.2. The molecule has 0 aromatic carbocycles. The fourth-order valence-electron chi connectivity index (χ4n) is 3.87. The molecule has 0 radical (unpaired) electrons. The maximum Gasteiger partial charge on any atom is 0.0844 e. The zero-order chi connectivity index (χ0) is 14.4. The average Bonchev–Trinajstić information content (AvgIpc) is 2.98.